The van der Waals surface area contributed by atoms with Crippen molar-refractivity contribution in [3.63, 3.8) is 0 Å². The van der Waals surface area contributed by atoms with Gasteiger partial charge < -0.3 is 10.4 Å². The normalized spacial score (nSPS) is 11.9. The molecule has 0 spiro atoms. The second-order valence-electron chi connectivity index (χ2n) is 3.81. The van der Waals surface area contributed by atoms with Crippen LogP contribution in [0.4, 0.5) is 5.82 Å². The Kier molecular flexibility index (Phi) is 4.90. The maximum absolute atomic E-state index is 11.5. The molecule has 5 nitrogen and oxygen atoms in total. The van der Waals surface area contributed by atoms with E-state index in [1.807, 2.05) is 0 Å². The smallest absolute Gasteiger partial charge is 0.303 e. The molecule has 17 heavy (non-hydrogen) atoms. The van der Waals surface area contributed by atoms with Gasteiger partial charge in [0.15, 0.2) is 0 Å². The molecule has 1 atom stereocenters. The third kappa shape index (κ3) is 5.31. The number of halogens is 1. The van der Waals surface area contributed by atoms with Crippen molar-refractivity contribution in [2.45, 2.75) is 19.8 Å². The van der Waals surface area contributed by atoms with Crippen LogP contribution in [0.3, 0.4) is 0 Å². The summed E-state index contributed by atoms with van der Waals surface area (Å²) >= 11 is 5.73. The van der Waals surface area contributed by atoms with E-state index in [0.717, 1.165) is 0 Å². The quantitative estimate of drug-likeness (QED) is 0.846. The molecule has 1 amide bonds. The Hall–Kier alpha value is -1.62. The molecule has 0 radical (unpaired) electrons. The van der Waals surface area contributed by atoms with Gasteiger partial charge in [-0.15, -0.1) is 0 Å². The Morgan fingerprint density at radius 3 is 2.82 bits per heavy atom. The third-order valence-corrected chi connectivity index (χ3v) is 2.28. The Bertz CT molecular complexity index is 423. The van der Waals surface area contributed by atoms with Crippen LogP contribution in [0.15, 0.2) is 18.3 Å². The number of amides is 1. The number of hydrogen-bond acceptors (Lipinski definition) is 3. The van der Waals surface area contributed by atoms with Crippen LogP contribution in [-0.4, -0.2) is 22.0 Å². The van der Waals surface area contributed by atoms with Gasteiger partial charge in [0.2, 0.25) is 5.91 Å². The van der Waals surface area contributed by atoms with E-state index in [2.05, 4.69) is 10.3 Å². The van der Waals surface area contributed by atoms with Crippen LogP contribution in [0.5, 0.6) is 0 Å². The van der Waals surface area contributed by atoms with Gasteiger partial charge in [-0.1, -0.05) is 18.5 Å². The number of rotatable bonds is 5. The molecule has 0 bridgehead atoms. The number of carboxylic acids is 1. The molecular weight excluding hydrogens is 244 g/mol. The molecule has 1 aromatic heterocycles. The molecule has 0 saturated carbocycles. The molecule has 0 aromatic carbocycles. The molecule has 6 heteroatoms. The number of nitrogens with one attached hydrogen (secondary N) is 1. The van der Waals surface area contributed by atoms with E-state index >= 15 is 0 Å². The van der Waals surface area contributed by atoms with Gasteiger partial charge in [-0.05, 0) is 18.1 Å². The van der Waals surface area contributed by atoms with Gasteiger partial charge in [0.25, 0.3) is 0 Å². The van der Waals surface area contributed by atoms with Crippen LogP contribution in [0.25, 0.3) is 0 Å². The SMILES string of the molecule is CC(CC(=O)O)CC(=O)Nc1cc(Cl)ccn1. The minimum Gasteiger partial charge on any atom is -0.481 e. The predicted octanol–water partition coefficient (Wildman–Crippen LogP) is 2.17. The van der Waals surface area contributed by atoms with Crippen molar-refractivity contribution in [3.8, 4) is 0 Å². The van der Waals surface area contributed by atoms with Crippen LogP contribution in [-0.2, 0) is 9.59 Å². The Morgan fingerprint density at radius 1 is 1.53 bits per heavy atom. The molecule has 0 saturated heterocycles. The van der Waals surface area contributed by atoms with Gasteiger partial charge in [-0.3, -0.25) is 9.59 Å². The highest BCUT2D eigenvalue weighted by atomic mass is 35.5. The van der Waals surface area contributed by atoms with Gasteiger partial charge >= 0.3 is 5.97 Å². The summed E-state index contributed by atoms with van der Waals surface area (Å²) in [5.74, 6) is -1.03. The topological polar surface area (TPSA) is 79.3 Å². The molecule has 2 N–H and O–H groups in total. The summed E-state index contributed by atoms with van der Waals surface area (Å²) in [7, 11) is 0. The average molecular weight is 257 g/mol. The van der Waals surface area contributed by atoms with Gasteiger partial charge in [0.1, 0.15) is 5.82 Å². The first-order valence-corrected chi connectivity index (χ1v) is 5.48. The van der Waals surface area contributed by atoms with Gasteiger partial charge in [-0.2, -0.15) is 0 Å². The molecule has 0 aliphatic carbocycles. The summed E-state index contributed by atoms with van der Waals surface area (Å²) in [6, 6.07) is 3.13. The van der Waals surface area contributed by atoms with E-state index in [1.165, 1.54) is 12.3 Å². The fourth-order valence-corrected chi connectivity index (χ4v) is 1.51. The lowest BCUT2D eigenvalue weighted by molar-refractivity contribution is -0.138. The minimum atomic E-state index is -0.911. The van der Waals surface area contributed by atoms with Crippen molar-refractivity contribution >= 4 is 29.3 Å². The number of hydrogen-bond donors (Lipinski definition) is 2. The van der Waals surface area contributed by atoms with E-state index in [0.29, 0.717) is 10.8 Å². The highest BCUT2D eigenvalue weighted by Gasteiger charge is 2.13. The second kappa shape index (κ2) is 6.20. The average Bonchev–Trinajstić information content (AvgIpc) is 2.14. The molecule has 1 aromatic rings. The number of pyridine rings is 1. The minimum absolute atomic E-state index is 0.0314. The zero-order chi connectivity index (χ0) is 12.8. The lowest BCUT2D eigenvalue weighted by Gasteiger charge is -2.08. The van der Waals surface area contributed by atoms with Crippen molar-refractivity contribution in [1.29, 1.82) is 0 Å². The lowest BCUT2D eigenvalue weighted by Crippen LogP contribution is -2.17. The second-order valence-corrected chi connectivity index (χ2v) is 4.25. The van der Waals surface area contributed by atoms with E-state index in [4.69, 9.17) is 16.7 Å². The van der Waals surface area contributed by atoms with E-state index < -0.39 is 5.97 Å². The van der Waals surface area contributed by atoms with Gasteiger partial charge in [-0.25, -0.2) is 4.98 Å². The molecule has 1 rings (SSSR count). The fraction of sp³-hybridized carbons (Fsp3) is 0.364. The van der Waals surface area contributed by atoms with Crippen LogP contribution in [0, 0.1) is 5.92 Å². The van der Waals surface area contributed by atoms with E-state index in [1.54, 1.807) is 13.0 Å². The summed E-state index contributed by atoms with van der Waals surface area (Å²) in [5.41, 5.74) is 0. The predicted molar refractivity (Wildman–Crippen MR) is 63.9 cm³/mol. The maximum Gasteiger partial charge on any atom is 0.303 e. The van der Waals surface area contributed by atoms with Gasteiger partial charge in [0, 0.05) is 24.1 Å². The fourth-order valence-electron chi connectivity index (χ4n) is 1.35. The highest BCUT2D eigenvalue weighted by molar-refractivity contribution is 6.30. The molecule has 0 aliphatic heterocycles. The molecule has 1 heterocycles. The van der Waals surface area contributed by atoms with Crippen molar-refractivity contribution in [2.24, 2.45) is 5.92 Å². The number of carboxylic acid groups (broad SMARTS) is 1. The number of carbonyl (C=O) groups excluding carboxylic acids is 1. The van der Waals surface area contributed by atoms with Crippen LogP contribution in [0.1, 0.15) is 19.8 Å². The first kappa shape index (κ1) is 13.4. The summed E-state index contributed by atoms with van der Waals surface area (Å²) in [4.78, 5) is 25.9. The molecular formula is C11H13ClN2O3. The number of nitrogens with zero attached hydrogens (tertiary/aromatic N) is 1. The summed E-state index contributed by atoms with van der Waals surface area (Å²) < 4.78 is 0. The van der Waals surface area contributed by atoms with Crippen molar-refractivity contribution in [3.05, 3.63) is 23.4 Å². The lowest BCUT2D eigenvalue weighted by atomic mass is 10.0. The largest absolute Gasteiger partial charge is 0.481 e. The Labute approximate surface area is 104 Å². The van der Waals surface area contributed by atoms with Crippen molar-refractivity contribution in [1.82, 2.24) is 4.98 Å². The standard InChI is InChI=1S/C11H13ClN2O3/c1-7(5-11(16)17)4-10(15)14-9-6-8(12)2-3-13-9/h2-3,6-7H,4-5H2,1H3,(H,16,17)(H,13,14,15). The Balaban J connectivity index is 2.47. The van der Waals surface area contributed by atoms with Crippen molar-refractivity contribution in [2.75, 3.05) is 5.32 Å². The summed E-state index contributed by atoms with van der Waals surface area (Å²) in [6.45, 7) is 1.71. The number of aromatic nitrogens is 1. The van der Waals surface area contributed by atoms with Crippen LogP contribution >= 0.6 is 11.6 Å². The molecule has 92 valence electrons. The Morgan fingerprint density at radius 2 is 2.24 bits per heavy atom. The first-order chi connectivity index (χ1) is 7.97. The van der Waals surface area contributed by atoms with E-state index in [-0.39, 0.29) is 24.7 Å². The monoisotopic (exact) mass is 256 g/mol. The number of anilines is 1. The van der Waals surface area contributed by atoms with Gasteiger partial charge in [0.05, 0.1) is 0 Å². The number of aliphatic carboxylic acids is 1. The van der Waals surface area contributed by atoms with Crippen LogP contribution in [0.2, 0.25) is 5.02 Å². The molecule has 0 fully saturated rings. The van der Waals surface area contributed by atoms with Crippen LogP contribution < -0.4 is 5.32 Å². The summed E-state index contributed by atoms with van der Waals surface area (Å²) in [5, 5.41) is 11.6. The maximum atomic E-state index is 11.5. The summed E-state index contributed by atoms with van der Waals surface area (Å²) in [6.07, 6.45) is 1.59. The molecule has 0 aliphatic rings. The van der Waals surface area contributed by atoms with E-state index in [9.17, 15) is 9.59 Å². The first-order valence-electron chi connectivity index (χ1n) is 5.10. The third-order valence-electron chi connectivity index (χ3n) is 2.05. The molecule has 1 unspecified atom stereocenters. The zero-order valence-electron chi connectivity index (χ0n) is 9.31. The number of carbonyl (C=O) groups is 2. The van der Waals surface area contributed by atoms with Crippen molar-refractivity contribution < 1.29 is 14.7 Å². The highest BCUT2D eigenvalue weighted by Crippen LogP contribution is 2.13. The zero-order valence-corrected chi connectivity index (χ0v) is 10.1.